The Labute approximate surface area is 128 Å². The lowest BCUT2D eigenvalue weighted by Crippen LogP contribution is -2.50. The van der Waals surface area contributed by atoms with Gasteiger partial charge >= 0.3 is 6.03 Å². The zero-order valence-corrected chi connectivity index (χ0v) is 13.3. The van der Waals surface area contributed by atoms with Crippen LogP contribution in [0, 0.1) is 6.92 Å². The second-order valence-corrected chi connectivity index (χ2v) is 6.56. The van der Waals surface area contributed by atoms with Crippen molar-refractivity contribution in [3.63, 3.8) is 0 Å². The molecule has 2 fully saturated rings. The summed E-state index contributed by atoms with van der Waals surface area (Å²) >= 11 is 3.44. The molecule has 1 aromatic carbocycles. The Morgan fingerprint density at radius 1 is 1.25 bits per heavy atom. The Kier molecular flexibility index (Phi) is 3.98. The number of amides is 2. The SMILES string of the molecule is Cc1cc(Br)ccc1NC(=O)N1CCN(C2CC2)CC1. The number of halogens is 1. The van der Waals surface area contributed by atoms with Crippen LogP contribution in [0.5, 0.6) is 0 Å². The van der Waals surface area contributed by atoms with E-state index in [-0.39, 0.29) is 6.03 Å². The van der Waals surface area contributed by atoms with Gasteiger partial charge in [0, 0.05) is 42.4 Å². The number of benzene rings is 1. The van der Waals surface area contributed by atoms with E-state index in [0.29, 0.717) is 0 Å². The van der Waals surface area contributed by atoms with Crippen molar-refractivity contribution in [2.75, 3.05) is 31.5 Å². The van der Waals surface area contributed by atoms with Gasteiger partial charge in [0.15, 0.2) is 0 Å². The van der Waals surface area contributed by atoms with E-state index in [1.54, 1.807) is 0 Å². The minimum atomic E-state index is 0.0193. The third-order valence-electron chi connectivity index (χ3n) is 4.09. The van der Waals surface area contributed by atoms with Crippen LogP contribution in [0.1, 0.15) is 18.4 Å². The molecule has 0 radical (unpaired) electrons. The van der Waals surface area contributed by atoms with Crippen LogP contribution in [-0.2, 0) is 0 Å². The molecule has 5 heteroatoms. The number of aryl methyl sites for hydroxylation is 1. The molecule has 0 spiro atoms. The van der Waals surface area contributed by atoms with Crippen LogP contribution in [0.15, 0.2) is 22.7 Å². The summed E-state index contributed by atoms with van der Waals surface area (Å²) < 4.78 is 1.03. The van der Waals surface area contributed by atoms with Gasteiger partial charge in [-0.2, -0.15) is 0 Å². The molecule has 1 heterocycles. The van der Waals surface area contributed by atoms with Crippen molar-refractivity contribution in [3.8, 4) is 0 Å². The molecule has 1 saturated carbocycles. The molecule has 0 unspecified atom stereocenters. The normalized spacial score (nSPS) is 20.0. The summed E-state index contributed by atoms with van der Waals surface area (Å²) in [6, 6.07) is 6.73. The highest BCUT2D eigenvalue weighted by Crippen LogP contribution is 2.27. The van der Waals surface area contributed by atoms with E-state index in [1.165, 1.54) is 12.8 Å². The number of rotatable bonds is 2. The van der Waals surface area contributed by atoms with Crippen molar-refractivity contribution in [1.29, 1.82) is 0 Å². The summed E-state index contributed by atoms with van der Waals surface area (Å²) in [7, 11) is 0. The van der Waals surface area contributed by atoms with Gasteiger partial charge in [-0.3, -0.25) is 4.90 Å². The van der Waals surface area contributed by atoms with E-state index >= 15 is 0 Å². The average molecular weight is 338 g/mol. The molecule has 1 aliphatic heterocycles. The molecule has 0 atom stereocenters. The molecule has 1 aromatic rings. The monoisotopic (exact) mass is 337 g/mol. The summed E-state index contributed by atoms with van der Waals surface area (Å²) in [4.78, 5) is 16.7. The van der Waals surface area contributed by atoms with Gasteiger partial charge in [0.25, 0.3) is 0 Å². The van der Waals surface area contributed by atoms with E-state index in [4.69, 9.17) is 0 Å². The van der Waals surface area contributed by atoms with Gasteiger partial charge in [-0.25, -0.2) is 4.79 Å². The van der Waals surface area contributed by atoms with Crippen molar-refractivity contribution in [2.24, 2.45) is 0 Å². The van der Waals surface area contributed by atoms with E-state index in [2.05, 4.69) is 26.1 Å². The molecule has 108 valence electrons. The van der Waals surface area contributed by atoms with Crippen LogP contribution >= 0.6 is 15.9 Å². The highest BCUT2D eigenvalue weighted by atomic mass is 79.9. The van der Waals surface area contributed by atoms with Gasteiger partial charge in [0.05, 0.1) is 0 Å². The standard InChI is InChI=1S/C15H20BrN3O/c1-11-10-12(16)2-5-14(11)17-15(20)19-8-6-18(7-9-19)13-3-4-13/h2,5,10,13H,3-4,6-9H2,1H3,(H,17,20). The molecule has 2 amide bonds. The first-order valence-corrected chi connectivity index (χ1v) is 7.99. The maximum absolute atomic E-state index is 12.3. The fraction of sp³-hybridized carbons (Fsp3) is 0.533. The summed E-state index contributed by atoms with van der Waals surface area (Å²) in [5.74, 6) is 0. The fourth-order valence-corrected chi connectivity index (χ4v) is 3.17. The van der Waals surface area contributed by atoms with Gasteiger partial charge in [-0.05, 0) is 43.5 Å². The van der Waals surface area contributed by atoms with E-state index in [9.17, 15) is 4.79 Å². The number of piperazine rings is 1. The number of urea groups is 1. The first-order chi connectivity index (χ1) is 9.63. The second-order valence-electron chi connectivity index (χ2n) is 5.64. The van der Waals surface area contributed by atoms with Crippen molar-refractivity contribution in [2.45, 2.75) is 25.8 Å². The summed E-state index contributed by atoms with van der Waals surface area (Å²) in [5.41, 5.74) is 1.96. The largest absolute Gasteiger partial charge is 0.322 e. The van der Waals surface area contributed by atoms with Gasteiger partial charge in [-0.1, -0.05) is 15.9 Å². The molecule has 2 aliphatic rings. The second kappa shape index (κ2) is 5.74. The van der Waals surface area contributed by atoms with Crippen LogP contribution in [0.3, 0.4) is 0 Å². The molecule has 0 bridgehead atoms. The van der Waals surface area contributed by atoms with Crippen LogP contribution < -0.4 is 5.32 Å². The lowest BCUT2D eigenvalue weighted by atomic mass is 10.2. The van der Waals surface area contributed by atoms with Crippen LogP contribution in [0.2, 0.25) is 0 Å². The third-order valence-corrected chi connectivity index (χ3v) is 4.59. The van der Waals surface area contributed by atoms with E-state index in [1.807, 2.05) is 30.0 Å². The Morgan fingerprint density at radius 2 is 1.95 bits per heavy atom. The fourth-order valence-electron chi connectivity index (χ4n) is 2.69. The summed E-state index contributed by atoms with van der Waals surface area (Å²) in [5, 5.41) is 3.01. The molecular weight excluding hydrogens is 318 g/mol. The molecule has 1 N–H and O–H groups in total. The molecule has 3 rings (SSSR count). The van der Waals surface area contributed by atoms with Gasteiger partial charge < -0.3 is 10.2 Å². The van der Waals surface area contributed by atoms with Gasteiger partial charge in [0.1, 0.15) is 0 Å². The minimum absolute atomic E-state index is 0.0193. The predicted octanol–water partition coefficient (Wildman–Crippen LogP) is 3.07. The van der Waals surface area contributed by atoms with Crippen LogP contribution in [-0.4, -0.2) is 48.1 Å². The lowest BCUT2D eigenvalue weighted by molar-refractivity contribution is 0.142. The van der Waals surface area contributed by atoms with E-state index < -0.39 is 0 Å². The van der Waals surface area contributed by atoms with Crippen LogP contribution in [0.4, 0.5) is 10.5 Å². The molecular formula is C15H20BrN3O. The zero-order chi connectivity index (χ0) is 14.1. The number of anilines is 1. The first kappa shape index (κ1) is 13.9. The lowest BCUT2D eigenvalue weighted by Gasteiger charge is -2.34. The molecule has 4 nitrogen and oxygen atoms in total. The Balaban J connectivity index is 1.56. The van der Waals surface area contributed by atoms with Crippen LogP contribution in [0.25, 0.3) is 0 Å². The smallest absolute Gasteiger partial charge is 0.321 e. The first-order valence-electron chi connectivity index (χ1n) is 7.19. The number of nitrogens with one attached hydrogen (secondary N) is 1. The number of nitrogens with zero attached hydrogens (tertiary/aromatic N) is 2. The molecule has 1 saturated heterocycles. The van der Waals surface area contributed by atoms with E-state index in [0.717, 1.165) is 47.9 Å². The van der Waals surface area contributed by atoms with Crippen molar-refractivity contribution in [1.82, 2.24) is 9.80 Å². The Morgan fingerprint density at radius 3 is 2.55 bits per heavy atom. The average Bonchev–Trinajstić information content (AvgIpc) is 3.26. The van der Waals surface area contributed by atoms with Crippen molar-refractivity contribution < 1.29 is 4.79 Å². The highest BCUT2D eigenvalue weighted by molar-refractivity contribution is 9.10. The highest BCUT2D eigenvalue weighted by Gasteiger charge is 2.32. The summed E-state index contributed by atoms with van der Waals surface area (Å²) in [6.45, 7) is 5.69. The summed E-state index contributed by atoms with van der Waals surface area (Å²) in [6.07, 6.45) is 2.68. The number of hydrogen-bond acceptors (Lipinski definition) is 2. The molecule has 0 aromatic heterocycles. The van der Waals surface area contributed by atoms with Gasteiger partial charge in [-0.15, -0.1) is 0 Å². The number of carbonyl (C=O) groups excluding carboxylic acids is 1. The maximum atomic E-state index is 12.3. The number of hydrogen-bond donors (Lipinski definition) is 1. The zero-order valence-electron chi connectivity index (χ0n) is 11.7. The quantitative estimate of drug-likeness (QED) is 0.900. The molecule has 20 heavy (non-hydrogen) atoms. The maximum Gasteiger partial charge on any atom is 0.321 e. The predicted molar refractivity (Wildman–Crippen MR) is 84.1 cm³/mol. The van der Waals surface area contributed by atoms with Gasteiger partial charge in [0.2, 0.25) is 0 Å². The Hall–Kier alpha value is -1.07. The topological polar surface area (TPSA) is 35.6 Å². The van der Waals surface area contributed by atoms with Crippen molar-refractivity contribution >= 4 is 27.6 Å². The van der Waals surface area contributed by atoms with Crippen molar-refractivity contribution in [3.05, 3.63) is 28.2 Å². The molecule has 1 aliphatic carbocycles. The Bertz CT molecular complexity index is 508. The minimum Gasteiger partial charge on any atom is -0.322 e. The third kappa shape index (κ3) is 3.15. The number of carbonyl (C=O) groups is 1.